The lowest BCUT2D eigenvalue weighted by Gasteiger charge is -2.15. The third-order valence-electron chi connectivity index (χ3n) is 3.66. The quantitative estimate of drug-likeness (QED) is 0.492. The van der Waals surface area contributed by atoms with E-state index in [0.717, 1.165) is 0 Å². The number of hydrogen-bond acceptors (Lipinski definition) is 6. The molecule has 0 spiro atoms. The van der Waals surface area contributed by atoms with Gasteiger partial charge in [-0.1, -0.05) is 17.7 Å². The molecule has 6 nitrogen and oxygen atoms in total. The van der Waals surface area contributed by atoms with Crippen LogP contribution >= 0.6 is 11.6 Å². The van der Waals surface area contributed by atoms with Crippen molar-refractivity contribution in [2.45, 2.75) is 6.92 Å². The number of nitrogens with one attached hydrogen (secondary N) is 2. The molecule has 2 N–H and O–H groups in total. The summed E-state index contributed by atoms with van der Waals surface area (Å²) in [7, 11) is 1.29. The van der Waals surface area contributed by atoms with Crippen molar-refractivity contribution in [2.24, 2.45) is 0 Å². The van der Waals surface area contributed by atoms with Crippen molar-refractivity contribution in [2.75, 3.05) is 12.4 Å². The van der Waals surface area contributed by atoms with Crippen molar-refractivity contribution in [3.05, 3.63) is 64.9 Å². The number of hydrogen-bond donors (Lipinski definition) is 2. The van der Waals surface area contributed by atoms with Gasteiger partial charge in [-0.25, -0.2) is 9.78 Å². The molecule has 0 unspecified atom stereocenters. The third-order valence-corrected chi connectivity index (χ3v) is 3.90. The van der Waals surface area contributed by atoms with E-state index in [0.29, 0.717) is 33.5 Å². The fourth-order valence-corrected chi connectivity index (χ4v) is 2.73. The number of esters is 1. The summed E-state index contributed by atoms with van der Waals surface area (Å²) in [5.74, 6) is 0.281. The smallest absolute Gasteiger partial charge is 0.338 e. The van der Waals surface area contributed by atoms with E-state index in [4.69, 9.17) is 26.2 Å². The van der Waals surface area contributed by atoms with Gasteiger partial charge in [0.2, 0.25) is 0 Å². The molecule has 2 heterocycles. The van der Waals surface area contributed by atoms with Crippen molar-refractivity contribution in [1.29, 1.82) is 5.41 Å². The zero-order valence-electron chi connectivity index (χ0n) is 14.2. The molecule has 0 saturated heterocycles. The van der Waals surface area contributed by atoms with Gasteiger partial charge in [-0.05, 0) is 43.3 Å². The highest BCUT2D eigenvalue weighted by Gasteiger charge is 2.22. The molecule has 0 saturated carbocycles. The topological polar surface area (TPSA) is 88.2 Å². The minimum atomic E-state index is -0.559. The summed E-state index contributed by atoms with van der Waals surface area (Å²) in [6.45, 7) is 1.58. The summed E-state index contributed by atoms with van der Waals surface area (Å²) in [6.07, 6.45) is 1.52. The van der Waals surface area contributed by atoms with Gasteiger partial charge >= 0.3 is 5.97 Å². The first-order valence-corrected chi connectivity index (χ1v) is 8.12. The number of rotatable bonds is 5. The molecule has 0 aliphatic rings. The normalized spacial score (nSPS) is 10.4. The Labute approximate surface area is 155 Å². The van der Waals surface area contributed by atoms with Gasteiger partial charge in [0.25, 0.3) is 0 Å². The van der Waals surface area contributed by atoms with Crippen LogP contribution in [0.25, 0.3) is 11.5 Å². The summed E-state index contributed by atoms with van der Waals surface area (Å²) in [5.41, 5.74) is 1.89. The molecule has 0 bridgehead atoms. The van der Waals surface area contributed by atoms with Crippen LogP contribution in [0.15, 0.2) is 53.1 Å². The Morgan fingerprint density at radius 3 is 2.69 bits per heavy atom. The molecule has 132 valence electrons. The standard InChI is InChI=1S/C19H16ClN3O3/c1-11(21)17-14(19(24)25-2)10-15(16-7-4-8-26-16)23-18(17)22-13-6-3-5-12(20)9-13/h3-10,21H,1-2H3,(H,22,23). The molecule has 0 radical (unpaired) electrons. The number of nitrogens with zero attached hydrogens (tertiary/aromatic N) is 1. The Balaban J connectivity index is 2.20. The van der Waals surface area contributed by atoms with Crippen LogP contribution in [-0.4, -0.2) is 23.8 Å². The van der Waals surface area contributed by atoms with Gasteiger partial charge in [0.15, 0.2) is 5.76 Å². The number of ether oxygens (including phenoxy) is 1. The number of furan rings is 1. The maximum atomic E-state index is 12.3. The van der Waals surface area contributed by atoms with E-state index >= 15 is 0 Å². The maximum absolute atomic E-state index is 12.3. The number of halogens is 1. The largest absolute Gasteiger partial charge is 0.465 e. The van der Waals surface area contributed by atoms with Crippen LogP contribution in [-0.2, 0) is 4.74 Å². The Morgan fingerprint density at radius 2 is 2.08 bits per heavy atom. The van der Waals surface area contributed by atoms with Gasteiger partial charge in [0, 0.05) is 16.4 Å². The zero-order valence-corrected chi connectivity index (χ0v) is 14.9. The molecular formula is C19H16ClN3O3. The number of aromatic nitrogens is 1. The number of methoxy groups -OCH3 is 1. The lowest BCUT2D eigenvalue weighted by Crippen LogP contribution is -2.13. The van der Waals surface area contributed by atoms with Gasteiger partial charge in [-0.2, -0.15) is 0 Å². The van der Waals surface area contributed by atoms with Gasteiger partial charge < -0.3 is 19.9 Å². The average molecular weight is 370 g/mol. The number of carbonyl (C=O) groups excluding carboxylic acids is 1. The van der Waals surface area contributed by atoms with Gasteiger partial charge in [0.05, 0.1) is 24.5 Å². The molecule has 0 amide bonds. The van der Waals surface area contributed by atoms with Crippen molar-refractivity contribution in [1.82, 2.24) is 4.98 Å². The third kappa shape index (κ3) is 3.60. The lowest BCUT2D eigenvalue weighted by atomic mass is 10.0. The number of carbonyl (C=O) groups is 1. The molecule has 0 aliphatic heterocycles. The number of pyridine rings is 1. The zero-order chi connectivity index (χ0) is 18.7. The molecular weight excluding hydrogens is 354 g/mol. The second-order valence-electron chi connectivity index (χ2n) is 5.51. The minimum absolute atomic E-state index is 0.174. The van der Waals surface area contributed by atoms with Crippen LogP contribution in [0.2, 0.25) is 5.02 Å². The highest BCUT2D eigenvalue weighted by atomic mass is 35.5. The molecule has 26 heavy (non-hydrogen) atoms. The maximum Gasteiger partial charge on any atom is 0.338 e. The predicted octanol–water partition coefficient (Wildman–Crippen LogP) is 4.91. The highest BCUT2D eigenvalue weighted by molar-refractivity contribution is 6.30. The van der Waals surface area contributed by atoms with Crippen LogP contribution in [0, 0.1) is 5.41 Å². The van der Waals surface area contributed by atoms with Crippen LogP contribution in [0.4, 0.5) is 11.5 Å². The van der Waals surface area contributed by atoms with E-state index in [1.54, 1.807) is 43.3 Å². The molecule has 3 rings (SSSR count). The van der Waals surface area contributed by atoms with Crippen LogP contribution in [0.1, 0.15) is 22.8 Å². The highest BCUT2D eigenvalue weighted by Crippen LogP contribution is 2.29. The Hall–Kier alpha value is -3.12. The summed E-state index contributed by atoms with van der Waals surface area (Å²) >= 11 is 6.04. The van der Waals surface area contributed by atoms with Crippen molar-refractivity contribution < 1.29 is 13.9 Å². The van der Waals surface area contributed by atoms with Crippen molar-refractivity contribution in [3.63, 3.8) is 0 Å². The SMILES string of the molecule is COC(=O)c1cc(-c2ccco2)nc(Nc2cccc(Cl)c2)c1C(C)=N. The van der Waals surface area contributed by atoms with E-state index in [1.165, 1.54) is 13.4 Å². The molecule has 0 atom stereocenters. The van der Waals surface area contributed by atoms with E-state index in [-0.39, 0.29) is 11.3 Å². The van der Waals surface area contributed by atoms with Gasteiger partial charge in [0.1, 0.15) is 11.5 Å². The van der Waals surface area contributed by atoms with E-state index in [2.05, 4.69) is 10.3 Å². The summed E-state index contributed by atoms with van der Waals surface area (Å²) in [5, 5.41) is 11.8. The monoisotopic (exact) mass is 369 g/mol. The molecule has 2 aromatic heterocycles. The van der Waals surface area contributed by atoms with Crippen LogP contribution < -0.4 is 5.32 Å². The Morgan fingerprint density at radius 1 is 1.27 bits per heavy atom. The summed E-state index contributed by atoms with van der Waals surface area (Å²) in [4.78, 5) is 16.8. The van der Waals surface area contributed by atoms with E-state index < -0.39 is 5.97 Å². The fourth-order valence-electron chi connectivity index (χ4n) is 2.54. The number of benzene rings is 1. The van der Waals surface area contributed by atoms with E-state index in [9.17, 15) is 4.79 Å². The first-order valence-electron chi connectivity index (χ1n) is 7.75. The fraction of sp³-hybridized carbons (Fsp3) is 0.105. The summed E-state index contributed by atoms with van der Waals surface area (Å²) < 4.78 is 10.3. The Bertz CT molecular complexity index is 968. The molecule has 0 aliphatic carbocycles. The molecule has 3 aromatic rings. The van der Waals surface area contributed by atoms with E-state index in [1.807, 2.05) is 6.07 Å². The van der Waals surface area contributed by atoms with Crippen molar-refractivity contribution >= 4 is 34.8 Å². The van der Waals surface area contributed by atoms with Crippen LogP contribution in [0.5, 0.6) is 0 Å². The number of anilines is 2. The van der Waals surface area contributed by atoms with Crippen LogP contribution in [0.3, 0.4) is 0 Å². The second kappa shape index (κ2) is 7.41. The summed E-state index contributed by atoms with van der Waals surface area (Å²) in [6, 6.07) is 12.1. The Kier molecular flexibility index (Phi) is 5.04. The lowest BCUT2D eigenvalue weighted by molar-refractivity contribution is 0.0600. The minimum Gasteiger partial charge on any atom is -0.465 e. The average Bonchev–Trinajstić information content (AvgIpc) is 3.14. The molecule has 7 heteroatoms. The first-order chi connectivity index (χ1) is 12.5. The molecule has 0 fully saturated rings. The molecule has 1 aromatic carbocycles. The van der Waals surface area contributed by atoms with Gasteiger partial charge in [-0.15, -0.1) is 0 Å². The van der Waals surface area contributed by atoms with Crippen molar-refractivity contribution in [3.8, 4) is 11.5 Å². The first kappa shape index (κ1) is 17.7. The predicted molar refractivity (Wildman–Crippen MR) is 101 cm³/mol. The second-order valence-corrected chi connectivity index (χ2v) is 5.94. The van der Waals surface area contributed by atoms with Gasteiger partial charge in [-0.3, -0.25) is 0 Å².